The summed E-state index contributed by atoms with van der Waals surface area (Å²) in [5.74, 6) is 0.948. The second kappa shape index (κ2) is 7.09. The Morgan fingerprint density at radius 1 is 1.15 bits per heavy atom. The minimum Gasteiger partial charge on any atom is -0.338 e. The van der Waals surface area contributed by atoms with E-state index in [1.807, 2.05) is 34.9 Å². The van der Waals surface area contributed by atoms with Gasteiger partial charge >= 0.3 is 0 Å². The summed E-state index contributed by atoms with van der Waals surface area (Å²) in [5.41, 5.74) is 2.13. The van der Waals surface area contributed by atoms with E-state index < -0.39 is 0 Å². The molecule has 0 aliphatic carbocycles. The second-order valence-electron chi connectivity index (χ2n) is 5.58. The maximum absolute atomic E-state index is 13.7. The van der Waals surface area contributed by atoms with Gasteiger partial charge in [-0.3, -0.25) is 4.57 Å². The summed E-state index contributed by atoms with van der Waals surface area (Å²) in [6, 6.07) is 14.7. The third-order valence-electron chi connectivity index (χ3n) is 3.77. The molecule has 0 unspecified atom stereocenters. The minimum atomic E-state index is -0.292. The number of nitrogens with zero attached hydrogens (tertiary/aromatic N) is 5. The van der Waals surface area contributed by atoms with Gasteiger partial charge in [-0.1, -0.05) is 47.3 Å². The smallest absolute Gasteiger partial charge is 0.237 e. The van der Waals surface area contributed by atoms with Crippen LogP contribution in [0, 0.1) is 12.7 Å². The van der Waals surface area contributed by atoms with Crippen LogP contribution in [0.2, 0.25) is 0 Å². The molecule has 0 radical (unpaired) electrons. The molecule has 0 aliphatic heterocycles. The molecule has 2 aromatic carbocycles. The molecule has 0 N–H and O–H groups in total. The summed E-state index contributed by atoms with van der Waals surface area (Å²) in [6.45, 7) is 1.71. The molecule has 2 heterocycles. The lowest BCUT2D eigenvalue weighted by molar-refractivity contribution is 0.391. The molecule has 4 rings (SSSR count). The van der Waals surface area contributed by atoms with Gasteiger partial charge in [0.05, 0.1) is 5.75 Å². The van der Waals surface area contributed by atoms with E-state index in [0.717, 1.165) is 10.8 Å². The molecule has 0 bridgehead atoms. The van der Waals surface area contributed by atoms with Gasteiger partial charge in [-0.05, 0) is 30.7 Å². The fourth-order valence-corrected chi connectivity index (χ4v) is 3.14. The Morgan fingerprint density at radius 3 is 2.81 bits per heavy atom. The Kier molecular flexibility index (Phi) is 4.49. The van der Waals surface area contributed by atoms with E-state index in [0.29, 0.717) is 28.6 Å². The van der Waals surface area contributed by atoms with Gasteiger partial charge in [-0.2, -0.15) is 4.98 Å². The first kappa shape index (κ1) is 16.5. The molecule has 0 saturated carbocycles. The van der Waals surface area contributed by atoms with Gasteiger partial charge in [0.1, 0.15) is 12.1 Å². The van der Waals surface area contributed by atoms with Gasteiger partial charge in [-0.15, -0.1) is 10.2 Å². The number of para-hydroxylation sites is 1. The van der Waals surface area contributed by atoms with Crippen molar-refractivity contribution >= 4 is 11.8 Å². The van der Waals surface area contributed by atoms with Crippen LogP contribution in [-0.2, 0) is 5.75 Å². The van der Waals surface area contributed by atoms with Crippen molar-refractivity contribution in [2.24, 2.45) is 0 Å². The van der Waals surface area contributed by atoms with Crippen molar-refractivity contribution in [3.05, 3.63) is 72.1 Å². The highest BCUT2D eigenvalue weighted by atomic mass is 32.2. The van der Waals surface area contributed by atoms with Gasteiger partial charge in [0.15, 0.2) is 5.16 Å². The largest absolute Gasteiger partial charge is 0.338 e. The average molecular weight is 367 g/mol. The van der Waals surface area contributed by atoms with E-state index in [1.54, 1.807) is 25.4 Å². The van der Waals surface area contributed by atoms with Crippen LogP contribution in [0.15, 0.2) is 64.5 Å². The van der Waals surface area contributed by atoms with Crippen LogP contribution in [0.25, 0.3) is 17.1 Å². The van der Waals surface area contributed by atoms with Crippen molar-refractivity contribution in [3.8, 4) is 17.1 Å². The Labute approximate surface area is 153 Å². The maximum atomic E-state index is 13.7. The molecule has 0 aliphatic rings. The lowest BCUT2D eigenvalue weighted by Gasteiger charge is -2.04. The highest BCUT2D eigenvalue weighted by molar-refractivity contribution is 7.98. The normalized spacial score (nSPS) is 11.0. The number of aryl methyl sites for hydroxylation is 1. The predicted molar refractivity (Wildman–Crippen MR) is 95.3 cm³/mol. The van der Waals surface area contributed by atoms with Crippen molar-refractivity contribution in [1.82, 2.24) is 24.9 Å². The van der Waals surface area contributed by atoms with Crippen molar-refractivity contribution in [1.29, 1.82) is 0 Å². The lowest BCUT2D eigenvalue weighted by Crippen LogP contribution is -1.95. The van der Waals surface area contributed by atoms with Crippen LogP contribution in [0.4, 0.5) is 4.39 Å². The molecule has 0 fully saturated rings. The average Bonchev–Trinajstić information content (AvgIpc) is 3.32. The second-order valence-corrected chi connectivity index (χ2v) is 6.53. The first-order valence-electron chi connectivity index (χ1n) is 7.88. The molecule has 0 spiro atoms. The van der Waals surface area contributed by atoms with E-state index in [1.165, 1.54) is 17.8 Å². The van der Waals surface area contributed by atoms with Crippen molar-refractivity contribution in [2.45, 2.75) is 17.8 Å². The quantitative estimate of drug-likeness (QED) is 0.496. The van der Waals surface area contributed by atoms with E-state index in [9.17, 15) is 4.39 Å². The van der Waals surface area contributed by atoms with Crippen LogP contribution in [0.3, 0.4) is 0 Å². The third-order valence-corrected chi connectivity index (χ3v) is 4.70. The topological polar surface area (TPSA) is 69.6 Å². The molecule has 6 nitrogen and oxygen atoms in total. The maximum Gasteiger partial charge on any atom is 0.237 e. The monoisotopic (exact) mass is 367 g/mol. The third kappa shape index (κ3) is 3.36. The van der Waals surface area contributed by atoms with Crippen molar-refractivity contribution in [3.63, 3.8) is 0 Å². The zero-order valence-electron chi connectivity index (χ0n) is 13.8. The number of aromatic nitrogens is 5. The highest BCUT2D eigenvalue weighted by Gasteiger charge is 2.13. The SMILES string of the molecule is Cc1ccc(-c2noc(CSc3nncn3-c3ccccc3)n2)cc1F. The van der Waals surface area contributed by atoms with Crippen LogP contribution in [0.1, 0.15) is 11.5 Å². The van der Waals surface area contributed by atoms with Crippen LogP contribution < -0.4 is 0 Å². The number of benzene rings is 2. The van der Waals surface area contributed by atoms with Crippen LogP contribution in [-0.4, -0.2) is 24.9 Å². The van der Waals surface area contributed by atoms with Gasteiger partial charge in [0, 0.05) is 11.3 Å². The summed E-state index contributed by atoms with van der Waals surface area (Å²) in [5, 5.41) is 12.7. The molecule has 2 aromatic heterocycles. The molecule has 26 heavy (non-hydrogen) atoms. The number of hydrogen-bond acceptors (Lipinski definition) is 6. The Bertz CT molecular complexity index is 1030. The molecule has 0 saturated heterocycles. The first-order valence-corrected chi connectivity index (χ1v) is 8.86. The molecule has 0 amide bonds. The van der Waals surface area contributed by atoms with Gasteiger partial charge in [-0.25, -0.2) is 4.39 Å². The standard InChI is InChI=1S/C18H14FN5OS/c1-12-7-8-13(9-15(12)19)17-21-16(25-23-17)10-26-18-22-20-11-24(18)14-5-3-2-4-6-14/h2-9,11H,10H2,1H3. The summed E-state index contributed by atoms with van der Waals surface area (Å²) in [7, 11) is 0. The van der Waals surface area contributed by atoms with E-state index in [4.69, 9.17) is 4.52 Å². The number of hydrogen-bond donors (Lipinski definition) is 0. The summed E-state index contributed by atoms with van der Waals surface area (Å²) < 4.78 is 20.9. The molecule has 4 aromatic rings. The number of halogens is 1. The van der Waals surface area contributed by atoms with Crippen molar-refractivity contribution in [2.75, 3.05) is 0 Å². The Hall–Kier alpha value is -3.00. The van der Waals surface area contributed by atoms with E-state index >= 15 is 0 Å². The highest BCUT2D eigenvalue weighted by Crippen LogP contribution is 2.24. The zero-order chi connectivity index (χ0) is 17.9. The van der Waals surface area contributed by atoms with Crippen LogP contribution in [0.5, 0.6) is 0 Å². The number of thioether (sulfide) groups is 1. The summed E-state index contributed by atoms with van der Waals surface area (Å²) in [6.07, 6.45) is 1.66. The summed E-state index contributed by atoms with van der Waals surface area (Å²) in [4.78, 5) is 4.33. The molecule has 130 valence electrons. The summed E-state index contributed by atoms with van der Waals surface area (Å²) >= 11 is 1.43. The van der Waals surface area contributed by atoms with E-state index in [-0.39, 0.29) is 5.82 Å². The minimum absolute atomic E-state index is 0.292. The zero-order valence-corrected chi connectivity index (χ0v) is 14.7. The van der Waals surface area contributed by atoms with E-state index in [2.05, 4.69) is 20.3 Å². The number of rotatable bonds is 5. The van der Waals surface area contributed by atoms with Gasteiger partial charge < -0.3 is 4.52 Å². The van der Waals surface area contributed by atoms with Crippen LogP contribution >= 0.6 is 11.8 Å². The van der Waals surface area contributed by atoms with Crippen molar-refractivity contribution < 1.29 is 8.91 Å². The Balaban J connectivity index is 1.49. The fraction of sp³-hybridized carbons (Fsp3) is 0.111. The van der Waals surface area contributed by atoms with Gasteiger partial charge in [0.25, 0.3) is 0 Å². The molecular formula is C18H14FN5OS. The first-order chi connectivity index (χ1) is 12.7. The molecular weight excluding hydrogens is 353 g/mol. The lowest BCUT2D eigenvalue weighted by atomic mass is 10.1. The molecule has 0 atom stereocenters. The fourth-order valence-electron chi connectivity index (χ4n) is 2.38. The van der Waals surface area contributed by atoms with Gasteiger partial charge in [0.2, 0.25) is 11.7 Å². The molecule has 8 heteroatoms. The predicted octanol–water partition coefficient (Wildman–Crippen LogP) is 4.06. The Morgan fingerprint density at radius 2 is 2.00 bits per heavy atom.